The molecule has 3 aromatic rings. The molecule has 0 heterocycles. The molecule has 0 atom stereocenters. The summed E-state index contributed by atoms with van der Waals surface area (Å²) in [5.74, 6) is 0.350. The van der Waals surface area contributed by atoms with Gasteiger partial charge in [0.25, 0.3) is 10.0 Å². The third-order valence-corrected chi connectivity index (χ3v) is 6.83. The number of nitrogens with one attached hydrogen (secondary N) is 1. The minimum atomic E-state index is -3.93. The highest BCUT2D eigenvalue weighted by Crippen LogP contribution is 2.26. The minimum Gasteiger partial charge on any atom is -0.491 e. The number of para-hydroxylation sites is 2. The van der Waals surface area contributed by atoms with Crippen molar-refractivity contribution in [1.82, 2.24) is 5.32 Å². The standard InChI is InChI=1S/C25H28N2O4S/c1-19-12-14-22(15-13-19)32(29,30)27(23-10-6-4-8-20(23)2)18-25(28)26-16-17-31-24-11-7-5-9-21(24)3/h4-15H,16-18H2,1-3H3,(H,26,28). The molecule has 6 nitrogen and oxygen atoms in total. The van der Waals surface area contributed by atoms with Crippen molar-refractivity contribution in [2.45, 2.75) is 25.7 Å². The van der Waals surface area contributed by atoms with Crippen LogP contribution in [0.2, 0.25) is 0 Å². The second-order valence-corrected chi connectivity index (χ2v) is 9.44. The number of carbonyl (C=O) groups is 1. The van der Waals surface area contributed by atoms with Crippen molar-refractivity contribution in [3.63, 3.8) is 0 Å². The first-order valence-electron chi connectivity index (χ1n) is 10.4. The Morgan fingerprint density at radius 1 is 0.875 bits per heavy atom. The van der Waals surface area contributed by atoms with Crippen molar-refractivity contribution in [3.05, 3.63) is 89.5 Å². The van der Waals surface area contributed by atoms with Gasteiger partial charge in [0, 0.05) is 0 Å². The van der Waals surface area contributed by atoms with Crippen molar-refractivity contribution in [3.8, 4) is 5.75 Å². The number of amides is 1. The molecule has 168 valence electrons. The van der Waals surface area contributed by atoms with Gasteiger partial charge in [0.1, 0.15) is 18.9 Å². The lowest BCUT2D eigenvalue weighted by atomic mass is 10.2. The molecule has 0 saturated heterocycles. The van der Waals surface area contributed by atoms with Crippen molar-refractivity contribution in [1.29, 1.82) is 0 Å². The summed E-state index contributed by atoms with van der Waals surface area (Å²) in [4.78, 5) is 12.8. The van der Waals surface area contributed by atoms with Crippen LogP contribution in [0.15, 0.2) is 77.7 Å². The van der Waals surface area contributed by atoms with Crippen LogP contribution in [0.5, 0.6) is 5.75 Å². The van der Waals surface area contributed by atoms with Crippen LogP contribution in [-0.2, 0) is 14.8 Å². The second kappa shape index (κ2) is 10.3. The molecule has 1 amide bonds. The Balaban J connectivity index is 1.73. The topological polar surface area (TPSA) is 75.7 Å². The van der Waals surface area contributed by atoms with Crippen molar-refractivity contribution in [2.75, 3.05) is 24.0 Å². The molecule has 0 aliphatic rings. The number of sulfonamides is 1. The molecule has 0 saturated carbocycles. The summed E-state index contributed by atoms with van der Waals surface area (Å²) in [6.07, 6.45) is 0. The average molecular weight is 453 g/mol. The van der Waals surface area contributed by atoms with Crippen LogP contribution in [0.3, 0.4) is 0 Å². The summed E-state index contributed by atoms with van der Waals surface area (Å²) in [5, 5.41) is 2.75. The number of ether oxygens (including phenoxy) is 1. The number of anilines is 1. The Kier molecular flexibility index (Phi) is 7.53. The Morgan fingerprint density at radius 3 is 2.16 bits per heavy atom. The van der Waals surface area contributed by atoms with E-state index in [0.717, 1.165) is 26.7 Å². The monoisotopic (exact) mass is 452 g/mol. The summed E-state index contributed by atoms with van der Waals surface area (Å²) >= 11 is 0. The molecule has 0 spiro atoms. The van der Waals surface area contributed by atoms with Crippen molar-refractivity contribution < 1.29 is 17.9 Å². The molecule has 0 aliphatic heterocycles. The van der Waals surface area contributed by atoms with Gasteiger partial charge in [-0.25, -0.2) is 8.42 Å². The fraction of sp³-hybridized carbons (Fsp3) is 0.240. The van der Waals surface area contributed by atoms with Gasteiger partial charge in [-0.15, -0.1) is 0 Å². The smallest absolute Gasteiger partial charge is 0.264 e. The summed E-state index contributed by atoms with van der Waals surface area (Å²) < 4.78 is 33.7. The first-order valence-corrected chi connectivity index (χ1v) is 11.8. The molecular formula is C25H28N2O4S. The van der Waals surface area contributed by atoms with E-state index in [1.54, 1.807) is 36.4 Å². The van der Waals surface area contributed by atoms with Crippen LogP contribution in [0.4, 0.5) is 5.69 Å². The van der Waals surface area contributed by atoms with Gasteiger partial charge < -0.3 is 10.1 Å². The van der Waals surface area contributed by atoms with E-state index in [1.807, 2.05) is 57.2 Å². The Morgan fingerprint density at radius 2 is 1.50 bits per heavy atom. The zero-order chi connectivity index (χ0) is 23.1. The largest absolute Gasteiger partial charge is 0.491 e. The first-order chi connectivity index (χ1) is 15.3. The molecule has 0 fully saturated rings. The zero-order valence-corrected chi connectivity index (χ0v) is 19.4. The summed E-state index contributed by atoms with van der Waals surface area (Å²) in [5.41, 5.74) is 3.20. The number of carbonyl (C=O) groups excluding carboxylic acids is 1. The highest BCUT2D eigenvalue weighted by Gasteiger charge is 2.28. The SMILES string of the molecule is Cc1ccc(S(=O)(=O)N(CC(=O)NCCOc2ccccc2C)c2ccccc2C)cc1. The van der Waals surface area contributed by atoms with Gasteiger partial charge in [0.05, 0.1) is 17.1 Å². The molecule has 0 bridgehead atoms. The quantitative estimate of drug-likeness (QED) is 0.498. The van der Waals surface area contributed by atoms with Gasteiger partial charge in [-0.2, -0.15) is 0 Å². The lowest BCUT2D eigenvalue weighted by molar-refractivity contribution is -0.119. The van der Waals surface area contributed by atoms with E-state index in [2.05, 4.69) is 5.32 Å². The van der Waals surface area contributed by atoms with E-state index in [1.165, 1.54) is 0 Å². The third kappa shape index (κ3) is 5.68. The van der Waals surface area contributed by atoms with E-state index in [9.17, 15) is 13.2 Å². The normalized spacial score (nSPS) is 11.1. The lowest BCUT2D eigenvalue weighted by Crippen LogP contribution is -2.42. The Bertz CT molecular complexity index is 1170. The summed E-state index contributed by atoms with van der Waals surface area (Å²) in [7, 11) is -3.93. The minimum absolute atomic E-state index is 0.141. The Labute approximate surface area is 189 Å². The van der Waals surface area contributed by atoms with E-state index in [-0.39, 0.29) is 24.6 Å². The van der Waals surface area contributed by atoms with Crippen LogP contribution < -0.4 is 14.4 Å². The van der Waals surface area contributed by atoms with E-state index < -0.39 is 15.9 Å². The van der Waals surface area contributed by atoms with Gasteiger partial charge in [-0.05, 0) is 56.2 Å². The predicted octanol–water partition coefficient (Wildman–Crippen LogP) is 4.00. The van der Waals surface area contributed by atoms with E-state index in [0.29, 0.717) is 5.69 Å². The van der Waals surface area contributed by atoms with Gasteiger partial charge in [-0.3, -0.25) is 9.10 Å². The number of nitrogens with zero attached hydrogens (tertiary/aromatic N) is 1. The van der Waals surface area contributed by atoms with Crippen LogP contribution >= 0.6 is 0 Å². The van der Waals surface area contributed by atoms with Crippen LogP contribution in [-0.4, -0.2) is 34.0 Å². The maximum atomic E-state index is 13.4. The van der Waals surface area contributed by atoms with Crippen LogP contribution in [0.25, 0.3) is 0 Å². The van der Waals surface area contributed by atoms with E-state index in [4.69, 9.17) is 4.74 Å². The van der Waals surface area contributed by atoms with Crippen LogP contribution in [0, 0.1) is 20.8 Å². The highest BCUT2D eigenvalue weighted by atomic mass is 32.2. The predicted molar refractivity (Wildman–Crippen MR) is 127 cm³/mol. The molecule has 0 aliphatic carbocycles. The van der Waals surface area contributed by atoms with Gasteiger partial charge in [0.2, 0.25) is 5.91 Å². The fourth-order valence-electron chi connectivity index (χ4n) is 3.24. The molecular weight excluding hydrogens is 424 g/mol. The number of rotatable bonds is 9. The number of hydrogen-bond donors (Lipinski definition) is 1. The summed E-state index contributed by atoms with van der Waals surface area (Å²) in [6.45, 7) is 5.88. The van der Waals surface area contributed by atoms with Gasteiger partial charge >= 0.3 is 0 Å². The molecule has 3 rings (SSSR count). The molecule has 7 heteroatoms. The van der Waals surface area contributed by atoms with Crippen molar-refractivity contribution >= 4 is 21.6 Å². The molecule has 1 N–H and O–H groups in total. The van der Waals surface area contributed by atoms with Gasteiger partial charge in [-0.1, -0.05) is 54.1 Å². The number of benzene rings is 3. The maximum Gasteiger partial charge on any atom is 0.264 e. The molecule has 3 aromatic carbocycles. The zero-order valence-electron chi connectivity index (χ0n) is 18.5. The number of aryl methyl sites for hydroxylation is 3. The lowest BCUT2D eigenvalue weighted by Gasteiger charge is -2.25. The molecule has 0 radical (unpaired) electrons. The molecule has 0 unspecified atom stereocenters. The van der Waals surface area contributed by atoms with Gasteiger partial charge in [0.15, 0.2) is 0 Å². The third-order valence-electron chi connectivity index (χ3n) is 5.06. The average Bonchev–Trinajstić information content (AvgIpc) is 2.77. The summed E-state index contributed by atoms with van der Waals surface area (Å²) in [6, 6.07) is 21.3. The number of hydrogen-bond acceptors (Lipinski definition) is 4. The van der Waals surface area contributed by atoms with E-state index >= 15 is 0 Å². The fourth-order valence-corrected chi connectivity index (χ4v) is 4.72. The molecule has 0 aromatic heterocycles. The van der Waals surface area contributed by atoms with Crippen LogP contribution in [0.1, 0.15) is 16.7 Å². The van der Waals surface area contributed by atoms with Crippen molar-refractivity contribution in [2.24, 2.45) is 0 Å². The maximum absolute atomic E-state index is 13.4. The Hall–Kier alpha value is -3.32. The second-order valence-electron chi connectivity index (χ2n) is 7.58. The molecule has 32 heavy (non-hydrogen) atoms. The highest BCUT2D eigenvalue weighted by molar-refractivity contribution is 7.92. The first kappa shape index (κ1) is 23.3.